The largest absolute Gasteiger partial charge is 0.507 e. The summed E-state index contributed by atoms with van der Waals surface area (Å²) in [5, 5.41) is 12.4. The Hall–Kier alpha value is -2.72. The summed E-state index contributed by atoms with van der Waals surface area (Å²) in [5.41, 5.74) is 3.76. The van der Waals surface area contributed by atoms with Gasteiger partial charge in [-0.25, -0.2) is 0 Å². The fourth-order valence-corrected chi connectivity index (χ4v) is 4.28. The van der Waals surface area contributed by atoms with Crippen molar-refractivity contribution in [3.8, 4) is 28.4 Å². The number of fused-ring (bicyclic) bond motifs is 5. The van der Waals surface area contributed by atoms with E-state index < -0.39 is 5.60 Å². The molecule has 0 bridgehead atoms. The van der Waals surface area contributed by atoms with Crippen LogP contribution < -0.4 is 9.47 Å². The lowest BCUT2D eigenvalue weighted by Gasteiger charge is -2.29. The van der Waals surface area contributed by atoms with E-state index in [0.717, 1.165) is 39.4 Å². The SMILES string of the molecule is CCC1(OC)c2ccccc2-c2c1cc(O)c1cc(OC)c(OC)cc21. The number of hydrogen-bond acceptors (Lipinski definition) is 4. The highest BCUT2D eigenvalue weighted by molar-refractivity contribution is 6.06. The molecule has 1 aliphatic carbocycles. The molecule has 0 spiro atoms. The Labute approximate surface area is 152 Å². The number of aromatic hydroxyl groups is 1. The maximum absolute atomic E-state index is 10.8. The van der Waals surface area contributed by atoms with Gasteiger partial charge in [-0.3, -0.25) is 0 Å². The molecule has 4 rings (SSSR count). The summed E-state index contributed by atoms with van der Waals surface area (Å²) in [5.74, 6) is 1.44. The molecule has 134 valence electrons. The van der Waals surface area contributed by atoms with Gasteiger partial charge in [0, 0.05) is 18.1 Å². The van der Waals surface area contributed by atoms with E-state index >= 15 is 0 Å². The number of phenols is 1. The summed E-state index contributed by atoms with van der Waals surface area (Å²) < 4.78 is 16.9. The second-order valence-corrected chi connectivity index (χ2v) is 6.50. The molecule has 0 fully saturated rings. The molecular formula is C22H22O4. The van der Waals surface area contributed by atoms with E-state index in [9.17, 15) is 5.11 Å². The summed E-state index contributed by atoms with van der Waals surface area (Å²) in [6.45, 7) is 2.10. The summed E-state index contributed by atoms with van der Waals surface area (Å²) in [7, 11) is 4.94. The molecule has 1 atom stereocenters. The molecule has 0 radical (unpaired) electrons. The molecule has 1 unspecified atom stereocenters. The molecule has 1 aliphatic rings. The Morgan fingerprint density at radius 2 is 1.54 bits per heavy atom. The highest BCUT2D eigenvalue weighted by Gasteiger charge is 2.43. The fraction of sp³-hybridized carbons (Fsp3) is 0.273. The van der Waals surface area contributed by atoms with Gasteiger partial charge in [0.2, 0.25) is 0 Å². The summed E-state index contributed by atoms with van der Waals surface area (Å²) in [6.07, 6.45) is 0.770. The highest BCUT2D eigenvalue weighted by Crippen LogP contribution is 2.55. The van der Waals surface area contributed by atoms with E-state index in [1.807, 2.05) is 30.3 Å². The van der Waals surface area contributed by atoms with Crippen LogP contribution in [0, 0.1) is 0 Å². The first-order valence-corrected chi connectivity index (χ1v) is 8.68. The van der Waals surface area contributed by atoms with Crippen molar-refractivity contribution < 1.29 is 19.3 Å². The van der Waals surface area contributed by atoms with Crippen LogP contribution in [-0.2, 0) is 10.3 Å². The van der Waals surface area contributed by atoms with Crippen LogP contribution in [0.1, 0.15) is 24.5 Å². The number of benzene rings is 3. The van der Waals surface area contributed by atoms with Crippen molar-refractivity contribution in [1.29, 1.82) is 0 Å². The average Bonchev–Trinajstić information content (AvgIpc) is 2.97. The monoisotopic (exact) mass is 350 g/mol. The standard InChI is InChI=1S/C22H22O4/c1-5-22(26-4)16-9-7-6-8-13(16)21-15-11-20(25-3)19(24-2)10-14(15)18(23)12-17(21)22/h6-12,23H,5H2,1-4H3. The summed E-state index contributed by atoms with van der Waals surface area (Å²) >= 11 is 0. The third-order valence-corrected chi connectivity index (χ3v) is 5.53. The van der Waals surface area contributed by atoms with Gasteiger partial charge in [0.15, 0.2) is 11.5 Å². The number of phenolic OH excluding ortho intramolecular Hbond substituents is 1. The average molecular weight is 350 g/mol. The molecular weight excluding hydrogens is 328 g/mol. The van der Waals surface area contributed by atoms with Crippen LogP contribution in [0.3, 0.4) is 0 Å². The Morgan fingerprint density at radius 3 is 2.15 bits per heavy atom. The van der Waals surface area contributed by atoms with E-state index in [4.69, 9.17) is 14.2 Å². The lowest BCUT2D eigenvalue weighted by Crippen LogP contribution is -2.26. The minimum Gasteiger partial charge on any atom is -0.507 e. The normalized spacial score (nSPS) is 17.8. The van der Waals surface area contributed by atoms with E-state index in [1.165, 1.54) is 0 Å². The number of hydrogen-bond donors (Lipinski definition) is 1. The molecule has 3 aromatic carbocycles. The zero-order valence-electron chi connectivity index (χ0n) is 15.4. The predicted molar refractivity (Wildman–Crippen MR) is 102 cm³/mol. The first-order chi connectivity index (χ1) is 12.6. The molecule has 4 nitrogen and oxygen atoms in total. The molecule has 4 heteroatoms. The number of methoxy groups -OCH3 is 3. The van der Waals surface area contributed by atoms with Crippen LogP contribution in [0.5, 0.6) is 17.2 Å². The Bertz CT molecular complexity index is 1000. The molecule has 0 heterocycles. The summed E-state index contributed by atoms with van der Waals surface area (Å²) in [6, 6.07) is 13.9. The maximum Gasteiger partial charge on any atom is 0.161 e. The smallest absolute Gasteiger partial charge is 0.161 e. The van der Waals surface area contributed by atoms with E-state index in [2.05, 4.69) is 19.1 Å². The van der Waals surface area contributed by atoms with E-state index in [1.54, 1.807) is 21.3 Å². The molecule has 0 aliphatic heterocycles. The van der Waals surface area contributed by atoms with E-state index in [0.29, 0.717) is 11.5 Å². The fourth-order valence-electron chi connectivity index (χ4n) is 4.28. The van der Waals surface area contributed by atoms with Gasteiger partial charge in [0.1, 0.15) is 11.4 Å². The van der Waals surface area contributed by atoms with Crippen molar-refractivity contribution in [3.05, 3.63) is 53.6 Å². The van der Waals surface area contributed by atoms with Gasteiger partial charge in [-0.05, 0) is 46.7 Å². The number of rotatable bonds is 4. The Morgan fingerprint density at radius 1 is 0.885 bits per heavy atom. The maximum atomic E-state index is 10.8. The molecule has 0 saturated heterocycles. The quantitative estimate of drug-likeness (QED) is 0.731. The van der Waals surface area contributed by atoms with Crippen LogP contribution in [0.15, 0.2) is 42.5 Å². The van der Waals surface area contributed by atoms with Gasteiger partial charge >= 0.3 is 0 Å². The minimum absolute atomic E-state index is 0.211. The third-order valence-electron chi connectivity index (χ3n) is 5.53. The van der Waals surface area contributed by atoms with Crippen LogP contribution in [-0.4, -0.2) is 26.4 Å². The summed E-state index contributed by atoms with van der Waals surface area (Å²) in [4.78, 5) is 0. The van der Waals surface area contributed by atoms with Gasteiger partial charge in [-0.15, -0.1) is 0 Å². The zero-order chi connectivity index (χ0) is 18.5. The molecule has 0 saturated carbocycles. The highest BCUT2D eigenvalue weighted by atomic mass is 16.5. The molecule has 1 N–H and O–H groups in total. The molecule has 3 aromatic rings. The third kappa shape index (κ3) is 1.99. The zero-order valence-corrected chi connectivity index (χ0v) is 15.4. The lowest BCUT2D eigenvalue weighted by atomic mass is 9.87. The van der Waals surface area contributed by atoms with Crippen molar-refractivity contribution in [2.45, 2.75) is 18.9 Å². The molecule has 0 amide bonds. The van der Waals surface area contributed by atoms with Crippen molar-refractivity contribution in [3.63, 3.8) is 0 Å². The predicted octanol–water partition coefficient (Wildman–Crippen LogP) is 4.84. The van der Waals surface area contributed by atoms with Crippen molar-refractivity contribution in [1.82, 2.24) is 0 Å². The van der Waals surface area contributed by atoms with Crippen LogP contribution >= 0.6 is 0 Å². The van der Waals surface area contributed by atoms with Crippen LogP contribution in [0.25, 0.3) is 21.9 Å². The second-order valence-electron chi connectivity index (χ2n) is 6.50. The van der Waals surface area contributed by atoms with Crippen LogP contribution in [0.2, 0.25) is 0 Å². The number of ether oxygens (including phenoxy) is 3. The first-order valence-electron chi connectivity index (χ1n) is 8.68. The Balaban J connectivity index is 2.18. The van der Waals surface area contributed by atoms with Gasteiger partial charge in [0.05, 0.1) is 14.2 Å². The lowest BCUT2D eigenvalue weighted by molar-refractivity contribution is 0.0224. The van der Waals surface area contributed by atoms with Crippen molar-refractivity contribution in [2.24, 2.45) is 0 Å². The minimum atomic E-state index is -0.565. The van der Waals surface area contributed by atoms with Gasteiger partial charge < -0.3 is 19.3 Å². The van der Waals surface area contributed by atoms with E-state index in [-0.39, 0.29) is 5.75 Å². The second kappa shape index (κ2) is 5.92. The Kier molecular flexibility index (Phi) is 3.81. The molecule has 0 aromatic heterocycles. The van der Waals surface area contributed by atoms with Gasteiger partial charge in [-0.1, -0.05) is 31.2 Å². The first kappa shape index (κ1) is 16.7. The van der Waals surface area contributed by atoms with Crippen LogP contribution in [0.4, 0.5) is 0 Å². The van der Waals surface area contributed by atoms with Gasteiger partial charge in [0.25, 0.3) is 0 Å². The van der Waals surface area contributed by atoms with Crippen molar-refractivity contribution >= 4 is 10.8 Å². The topological polar surface area (TPSA) is 47.9 Å². The van der Waals surface area contributed by atoms with Gasteiger partial charge in [-0.2, -0.15) is 0 Å². The van der Waals surface area contributed by atoms with Crippen molar-refractivity contribution in [2.75, 3.05) is 21.3 Å². The molecule has 26 heavy (non-hydrogen) atoms.